The average molecular weight is 329 g/mol. The Labute approximate surface area is 141 Å². The Kier molecular flexibility index (Phi) is 4.03. The summed E-state index contributed by atoms with van der Waals surface area (Å²) in [4.78, 5) is 13.3. The van der Waals surface area contributed by atoms with Crippen molar-refractivity contribution in [1.29, 1.82) is 0 Å². The molecular weight excluding hydrogens is 306 g/mol. The molecule has 1 aromatic carbocycles. The van der Waals surface area contributed by atoms with Crippen molar-refractivity contribution in [3.8, 4) is 5.75 Å². The smallest absolute Gasteiger partial charge is 0.371 e. The van der Waals surface area contributed by atoms with Gasteiger partial charge in [-0.3, -0.25) is 0 Å². The summed E-state index contributed by atoms with van der Waals surface area (Å²) in [5, 5.41) is 9.04. The highest BCUT2D eigenvalue weighted by atomic mass is 16.5. The normalized spacial score (nSPS) is 19.0. The van der Waals surface area contributed by atoms with Crippen LogP contribution >= 0.6 is 0 Å². The molecule has 5 nitrogen and oxygen atoms in total. The molecule has 1 aromatic heterocycles. The first-order valence-electron chi connectivity index (χ1n) is 8.09. The van der Waals surface area contributed by atoms with E-state index in [0.29, 0.717) is 18.2 Å². The maximum absolute atomic E-state index is 11.0. The molecule has 1 atom stereocenters. The summed E-state index contributed by atoms with van der Waals surface area (Å²) in [5.41, 5.74) is 2.32. The van der Waals surface area contributed by atoms with E-state index < -0.39 is 5.97 Å². The number of anilines is 1. The summed E-state index contributed by atoms with van der Waals surface area (Å²) in [7, 11) is 1.66. The third kappa shape index (κ3) is 2.86. The Balaban J connectivity index is 2.01. The Morgan fingerprint density at radius 2 is 2.12 bits per heavy atom. The van der Waals surface area contributed by atoms with Gasteiger partial charge in [0.2, 0.25) is 5.76 Å². The Bertz CT molecular complexity index is 762. The van der Waals surface area contributed by atoms with Gasteiger partial charge in [-0.05, 0) is 49.9 Å². The molecule has 128 valence electrons. The van der Waals surface area contributed by atoms with Crippen molar-refractivity contribution in [2.24, 2.45) is 0 Å². The molecule has 1 aliphatic rings. The minimum absolute atomic E-state index is 0.0287. The quantitative estimate of drug-likeness (QED) is 0.907. The second-order valence-electron chi connectivity index (χ2n) is 7.00. The monoisotopic (exact) mass is 329 g/mol. The molecule has 5 heteroatoms. The Morgan fingerprint density at radius 3 is 2.75 bits per heavy atom. The topological polar surface area (TPSA) is 62.9 Å². The number of carbonyl (C=O) groups is 1. The van der Waals surface area contributed by atoms with E-state index in [9.17, 15) is 4.79 Å². The Morgan fingerprint density at radius 1 is 1.38 bits per heavy atom. The van der Waals surface area contributed by atoms with Gasteiger partial charge in [-0.2, -0.15) is 0 Å². The number of carboxylic acid groups (broad SMARTS) is 1. The molecule has 0 saturated carbocycles. The number of benzene rings is 1. The molecule has 0 saturated heterocycles. The molecule has 2 heterocycles. The van der Waals surface area contributed by atoms with Gasteiger partial charge in [-0.15, -0.1) is 0 Å². The summed E-state index contributed by atoms with van der Waals surface area (Å²) < 4.78 is 10.9. The maximum atomic E-state index is 11.0. The molecule has 3 rings (SSSR count). The molecule has 24 heavy (non-hydrogen) atoms. The van der Waals surface area contributed by atoms with Crippen molar-refractivity contribution >= 4 is 11.7 Å². The van der Waals surface area contributed by atoms with Crippen LogP contribution in [0.1, 0.15) is 55.0 Å². The van der Waals surface area contributed by atoms with Crippen LogP contribution in [0, 0.1) is 0 Å². The number of hydrogen-bond acceptors (Lipinski definition) is 4. The number of methoxy groups -OCH3 is 1. The summed E-state index contributed by atoms with van der Waals surface area (Å²) in [6.45, 7) is 7.16. The van der Waals surface area contributed by atoms with Crippen LogP contribution in [0.4, 0.5) is 5.69 Å². The van der Waals surface area contributed by atoms with Crippen molar-refractivity contribution in [3.05, 3.63) is 47.4 Å². The number of hydrogen-bond donors (Lipinski definition) is 1. The first-order valence-corrected chi connectivity index (χ1v) is 8.09. The van der Waals surface area contributed by atoms with Crippen molar-refractivity contribution in [2.45, 2.75) is 45.2 Å². The van der Waals surface area contributed by atoms with Crippen LogP contribution in [-0.2, 0) is 6.54 Å². The number of furan rings is 1. The number of carboxylic acids is 1. The van der Waals surface area contributed by atoms with Crippen molar-refractivity contribution < 1.29 is 19.1 Å². The van der Waals surface area contributed by atoms with E-state index in [1.165, 1.54) is 11.6 Å². The van der Waals surface area contributed by atoms with Crippen molar-refractivity contribution in [1.82, 2.24) is 0 Å². The van der Waals surface area contributed by atoms with Crippen LogP contribution in [0.25, 0.3) is 0 Å². The first kappa shape index (κ1) is 16.4. The highest BCUT2D eigenvalue weighted by Crippen LogP contribution is 2.45. The summed E-state index contributed by atoms with van der Waals surface area (Å²) >= 11 is 0. The van der Waals surface area contributed by atoms with E-state index in [-0.39, 0.29) is 11.3 Å². The zero-order valence-electron chi connectivity index (χ0n) is 14.5. The molecule has 0 bridgehead atoms. The fourth-order valence-electron chi connectivity index (χ4n) is 3.63. The van der Waals surface area contributed by atoms with E-state index in [2.05, 4.69) is 31.7 Å². The fourth-order valence-corrected chi connectivity index (χ4v) is 3.63. The van der Waals surface area contributed by atoms with E-state index in [1.807, 2.05) is 12.1 Å². The highest BCUT2D eigenvalue weighted by molar-refractivity contribution is 5.84. The lowest BCUT2D eigenvalue weighted by Crippen LogP contribution is -2.47. The van der Waals surface area contributed by atoms with Gasteiger partial charge in [0.05, 0.1) is 13.7 Å². The number of fused-ring (bicyclic) bond motifs is 1. The van der Waals surface area contributed by atoms with Gasteiger partial charge in [-0.1, -0.05) is 13.0 Å². The first-order chi connectivity index (χ1) is 11.3. The Hall–Kier alpha value is -2.43. The fraction of sp³-hybridized carbons (Fsp3) is 0.421. The largest absolute Gasteiger partial charge is 0.497 e. The number of nitrogens with zero attached hydrogens (tertiary/aromatic N) is 1. The van der Waals surface area contributed by atoms with Gasteiger partial charge in [0.15, 0.2) is 0 Å². The van der Waals surface area contributed by atoms with Crippen molar-refractivity contribution in [2.75, 3.05) is 12.0 Å². The molecule has 1 aliphatic heterocycles. The molecule has 2 aromatic rings. The highest BCUT2D eigenvalue weighted by Gasteiger charge is 2.37. The molecule has 0 amide bonds. The van der Waals surface area contributed by atoms with E-state index in [0.717, 1.165) is 17.9 Å². The van der Waals surface area contributed by atoms with Crippen LogP contribution < -0.4 is 9.64 Å². The lowest BCUT2D eigenvalue weighted by atomic mass is 9.80. The summed E-state index contributed by atoms with van der Waals surface area (Å²) in [5.74, 6) is 0.829. The minimum atomic E-state index is -1.05. The van der Waals surface area contributed by atoms with Gasteiger partial charge in [0.1, 0.15) is 11.5 Å². The molecule has 0 radical (unpaired) electrons. The van der Waals surface area contributed by atoms with E-state index in [1.54, 1.807) is 13.2 Å². The molecular formula is C19H23NO4. The van der Waals surface area contributed by atoms with E-state index >= 15 is 0 Å². The molecule has 0 unspecified atom stereocenters. The van der Waals surface area contributed by atoms with Gasteiger partial charge in [0.25, 0.3) is 0 Å². The van der Waals surface area contributed by atoms with Crippen LogP contribution in [0.2, 0.25) is 0 Å². The minimum Gasteiger partial charge on any atom is -0.497 e. The van der Waals surface area contributed by atoms with Gasteiger partial charge in [0, 0.05) is 17.3 Å². The van der Waals surface area contributed by atoms with Crippen LogP contribution in [0.3, 0.4) is 0 Å². The average Bonchev–Trinajstić information content (AvgIpc) is 2.99. The second-order valence-corrected chi connectivity index (χ2v) is 7.00. The number of rotatable bonds is 4. The SMILES string of the molecule is COc1ccc2c(c1)N(Cc1ccc(C(=O)O)o1)C(C)(C)C[C@H]2C. The molecule has 0 aliphatic carbocycles. The lowest BCUT2D eigenvalue weighted by molar-refractivity contribution is 0.0660. The third-order valence-electron chi connectivity index (χ3n) is 4.78. The molecule has 1 N–H and O–H groups in total. The number of aromatic carboxylic acids is 1. The zero-order chi connectivity index (χ0) is 17.5. The lowest BCUT2D eigenvalue weighted by Gasteiger charge is -2.47. The molecule has 0 fully saturated rings. The predicted octanol–water partition coefficient (Wildman–Crippen LogP) is 4.28. The summed E-state index contributed by atoms with van der Waals surface area (Å²) in [6, 6.07) is 9.39. The van der Waals surface area contributed by atoms with Gasteiger partial charge < -0.3 is 19.2 Å². The maximum Gasteiger partial charge on any atom is 0.371 e. The number of ether oxygens (including phenoxy) is 1. The van der Waals surface area contributed by atoms with E-state index in [4.69, 9.17) is 14.3 Å². The van der Waals surface area contributed by atoms with Gasteiger partial charge >= 0.3 is 5.97 Å². The predicted molar refractivity (Wildman–Crippen MR) is 92.0 cm³/mol. The van der Waals surface area contributed by atoms with Crippen LogP contribution in [-0.4, -0.2) is 23.7 Å². The van der Waals surface area contributed by atoms with Crippen LogP contribution in [0.15, 0.2) is 34.7 Å². The van der Waals surface area contributed by atoms with Gasteiger partial charge in [-0.25, -0.2) is 4.79 Å². The van der Waals surface area contributed by atoms with Crippen molar-refractivity contribution in [3.63, 3.8) is 0 Å². The molecule has 0 spiro atoms. The standard InChI is InChI=1S/C19H23NO4/c1-12-10-19(2,3)20(11-14-6-8-17(24-14)18(21)22)16-9-13(23-4)5-7-15(12)16/h5-9,12H,10-11H2,1-4H3,(H,21,22)/t12-/m1/s1. The zero-order valence-corrected chi connectivity index (χ0v) is 14.5. The third-order valence-corrected chi connectivity index (χ3v) is 4.78. The van der Waals surface area contributed by atoms with Crippen LogP contribution in [0.5, 0.6) is 5.75 Å². The summed E-state index contributed by atoms with van der Waals surface area (Å²) in [6.07, 6.45) is 1.01. The second kappa shape index (κ2) is 5.89.